The quantitative estimate of drug-likeness (QED) is 0.648. The van der Waals surface area contributed by atoms with E-state index in [-0.39, 0.29) is 5.60 Å². The minimum absolute atomic E-state index is 0.377. The van der Waals surface area contributed by atoms with Crippen molar-refractivity contribution < 1.29 is 9.15 Å². The normalized spacial score (nSPS) is 21.3. The minimum atomic E-state index is -0.377. The van der Waals surface area contributed by atoms with E-state index in [0.29, 0.717) is 0 Å². The molecule has 2 nitrogen and oxygen atoms in total. The van der Waals surface area contributed by atoms with Crippen LogP contribution in [0.4, 0.5) is 0 Å². The second kappa shape index (κ2) is 3.64. The molecule has 0 saturated carbocycles. The van der Waals surface area contributed by atoms with Gasteiger partial charge in [0.15, 0.2) is 0 Å². The average molecular weight is 249 g/mol. The minimum Gasteiger partial charge on any atom is -0.481 e. The molecule has 93 valence electrons. The molecule has 1 unspecified atom stereocenters. The van der Waals surface area contributed by atoms with E-state index in [0.717, 1.165) is 28.7 Å². The van der Waals surface area contributed by atoms with Gasteiger partial charge in [0.25, 0.3) is 0 Å². The summed E-state index contributed by atoms with van der Waals surface area (Å²) in [4.78, 5) is 0. The molecule has 1 aliphatic rings. The van der Waals surface area contributed by atoms with E-state index in [4.69, 9.17) is 9.15 Å². The summed E-state index contributed by atoms with van der Waals surface area (Å²) in [5.41, 5.74) is 2.84. The highest BCUT2D eigenvalue weighted by Gasteiger charge is 2.38. The molecule has 0 spiro atoms. The molecule has 0 saturated heterocycles. The van der Waals surface area contributed by atoms with Gasteiger partial charge in [0, 0.05) is 23.4 Å². The van der Waals surface area contributed by atoms with E-state index < -0.39 is 0 Å². The standard InChI is InChI=1S/C17H13O2/c1-17(11-13-5-2-3-8-15(13)19-17)14-7-4-6-12-9-10-18-16(12)14/h2-7,9-10H,11H2,1H3. The SMILES string of the molecule is CC1(c2cccc3ccoc23)Cc2ccc[c]c2O1. The molecule has 0 bridgehead atoms. The Kier molecular flexibility index (Phi) is 2.05. The van der Waals surface area contributed by atoms with Crippen LogP contribution in [0.2, 0.25) is 0 Å². The largest absolute Gasteiger partial charge is 0.481 e. The zero-order chi connectivity index (χ0) is 12.9. The van der Waals surface area contributed by atoms with Gasteiger partial charge < -0.3 is 9.15 Å². The summed E-state index contributed by atoms with van der Waals surface area (Å²) < 4.78 is 11.8. The van der Waals surface area contributed by atoms with Gasteiger partial charge in [-0.25, -0.2) is 0 Å². The van der Waals surface area contributed by atoms with Crippen LogP contribution >= 0.6 is 0 Å². The Balaban J connectivity index is 1.88. The number of ether oxygens (including phenoxy) is 1. The van der Waals surface area contributed by atoms with E-state index in [2.05, 4.69) is 37.3 Å². The Hall–Kier alpha value is -2.22. The molecular formula is C17H13O2. The second-order valence-corrected chi connectivity index (χ2v) is 5.18. The first kappa shape index (κ1) is 10.7. The molecule has 1 aromatic heterocycles. The lowest BCUT2D eigenvalue weighted by Crippen LogP contribution is -2.27. The molecule has 0 aliphatic carbocycles. The fraction of sp³-hybridized carbons (Fsp3) is 0.176. The van der Waals surface area contributed by atoms with Crippen molar-refractivity contribution in [3.63, 3.8) is 0 Å². The zero-order valence-electron chi connectivity index (χ0n) is 10.6. The number of benzene rings is 2. The molecule has 3 aromatic rings. The van der Waals surface area contributed by atoms with Crippen molar-refractivity contribution in [1.29, 1.82) is 0 Å². The first-order chi connectivity index (χ1) is 9.26. The van der Waals surface area contributed by atoms with Crippen molar-refractivity contribution in [3.8, 4) is 5.75 Å². The molecule has 1 radical (unpaired) electrons. The van der Waals surface area contributed by atoms with Crippen LogP contribution in [-0.2, 0) is 12.0 Å². The zero-order valence-corrected chi connectivity index (χ0v) is 10.6. The maximum Gasteiger partial charge on any atom is 0.141 e. The lowest BCUT2D eigenvalue weighted by Gasteiger charge is -2.24. The van der Waals surface area contributed by atoms with Crippen molar-refractivity contribution >= 4 is 11.0 Å². The van der Waals surface area contributed by atoms with Crippen molar-refractivity contribution in [2.75, 3.05) is 0 Å². The monoisotopic (exact) mass is 249 g/mol. The number of hydrogen-bond donors (Lipinski definition) is 0. The molecular weight excluding hydrogens is 236 g/mol. The molecule has 2 aromatic carbocycles. The molecule has 1 aliphatic heterocycles. The summed E-state index contributed by atoms with van der Waals surface area (Å²) in [5.74, 6) is 0.855. The molecule has 0 fully saturated rings. The third-order valence-corrected chi connectivity index (χ3v) is 3.80. The number of furan rings is 1. The first-order valence-electron chi connectivity index (χ1n) is 6.42. The van der Waals surface area contributed by atoms with Crippen LogP contribution < -0.4 is 4.74 Å². The number of rotatable bonds is 1. The maximum atomic E-state index is 6.14. The van der Waals surface area contributed by atoms with Crippen LogP contribution in [0, 0.1) is 6.07 Å². The molecule has 1 atom stereocenters. The summed E-state index contributed by atoms with van der Waals surface area (Å²) in [5, 5.41) is 1.11. The third kappa shape index (κ3) is 1.49. The average Bonchev–Trinajstić information content (AvgIpc) is 3.00. The lowest BCUT2D eigenvalue weighted by atomic mass is 9.90. The van der Waals surface area contributed by atoms with Crippen LogP contribution in [0.1, 0.15) is 18.1 Å². The van der Waals surface area contributed by atoms with Gasteiger partial charge in [0.2, 0.25) is 0 Å². The van der Waals surface area contributed by atoms with Crippen molar-refractivity contribution in [1.82, 2.24) is 0 Å². The van der Waals surface area contributed by atoms with E-state index in [1.807, 2.05) is 18.2 Å². The molecule has 19 heavy (non-hydrogen) atoms. The maximum absolute atomic E-state index is 6.14. The van der Waals surface area contributed by atoms with E-state index >= 15 is 0 Å². The number of para-hydroxylation sites is 2. The predicted octanol–water partition coefficient (Wildman–Crippen LogP) is 4.08. The van der Waals surface area contributed by atoms with E-state index in [1.165, 1.54) is 5.56 Å². The molecule has 0 amide bonds. The Labute approximate surface area is 111 Å². The van der Waals surface area contributed by atoms with Crippen LogP contribution in [-0.4, -0.2) is 0 Å². The van der Waals surface area contributed by atoms with Crippen LogP contribution in [0.25, 0.3) is 11.0 Å². The highest BCUT2D eigenvalue weighted by Crippen LogP contribution is 2.42. The smallest absolute Gasteiger partial charge is 0.141 e. The summed E-state index contributed by atoms with van der Waals surface area (Å²) in [7, 11) is 0. The highest BCUT2D eigenvalue weighted by molar-refractivity contribution is 5.81. The lowest BCUT2D eigenvalue weighted by molar-refractivity contribution is 0.116. The van der Waals surface area contributed by atoms with Gasteiger partial charge in [-0.05, 0) is 18.6 Å². The second-order valence-electron chi connectivity index (χ2n) is 5.18. The summed E-state index contributed by atoms with van der Waals surface area (Å²) in [6.45, 7) is 2.11. The Bertz CT molecular complexity index is 730. The number of hydrogen-bond acceptors (Lipinski definition) is 2. The fourth-order valence-electron chi connectivity index (χ4n) is 2.88. The fourth-order valence-corrected chi connectivity index (χ4v) is 2.88. The van der Waals surface area contributed by atoms with Gasteiger partial charge in [0.05, 0.1) is 6.26 Å². The van der Waals surface area contributed by atoms with Gasteiger partial charge in [0.1, 0.15) is 16.9 Å². The molecule has 0 N–H and O–H groups in total. The van der Waals surface area contributed by atoms with Crippen molar-refractivity contribution in [2.24, 2.45) is 0 Å². The Morgan fingerprint density at radius 3 is 3.00 bits per heavy atom. The van der Waals surface area contributed by atoms with E-state index in [9.17, 15) is 0 Å². The first-order valence-corrected chi connectivity index (χ1v) is 6.42. The summed E-state index contributed by atoms with van der Waals surface area (Å²) in [6.07, 6.45) is 2.57. The van der Waals surface area contributed by atoms with Crippen molar-refractivity contribution in [3.05, 3.63) is 65.9 Å². The highest BCUT2D eigenvalue weighted by atomic mass is 16.5. The molecule has 2 heterocycles. The third-order valence-electron chi connectivity index (χ3n) is 3.80. The van der Waals surface area contributed by atoms with Gasteiger partial charge in [-0.2, -0.15) is 0 Å². The Morgan fingerprint density at radius 2 is 2.11 bits per heavy atom. The Morgan fingerprint density at radius 1 is 1.16 bits per heavy atom. The number of fused-ring (bicyclic) bond motifs is 2. The van der Waals surface area contributed by atoms with Gasteiger partial charge in [-0.1, -0.05) is 36.4 Å². The topological polar surface area (TPSA) is 22.4 Å². The summed E-state index contributed by atoms with van der Waals surface area (Å²) >= 11 is 0. The van der Waals surface area contributed by atoms with Crippen LogP contribution in [0.5, 0.6) is 5.75 Å². The van der Waals surface area contributed by atoms with Gasteiger partial charge in [-0.15, -0.1) is 0 Å². The van der Waals surface area contributed by atoms with Crippen molar-refractivity contribution in [2.45, 2.75) is 18.9 Å². The van der Waals surface area contributed by atoms with Gasteiger partial charge >= 0.3 is 0 Å². The summed E-state index contributed by atoms with van der Waals surface area (Å²) in [6, 6.07) is 17.3. The van der Waals surface area contributed by atoms with E-state index in [1.54, 1.807) is 6.26 Å². The van der Waals surface area contributed by atoms with Crippen LogP contribution in [0.15, 0.2) is 53.1 Å². The predicted molar refractivity (Wildman–Crippen MR) is 73.2 cm³/mol. The van der Waals surface area contributed by atoms with Crippen LogP contribution in [0.3, 0.4) is 0 Å². The molecule has 4 rings (SSSR count). The van der Waals surface area contributed by atoms with Gasteiger partial charge in [-0.3, -0.25) is 0 Å². The molecule has 2 heteroatoms.